The Morgan fingerprint density at radius 1 is 1.26 bits per heavy atom. The monoisotopic (exact) mass is 277 g/mol. The molecule has 1 aromatic heterocycles. The van der Waals surface area contributed by atoms with Gasteiger partial charge in [0.2, 0.25) is 0 Å². The summed E-state index contributed by atoms with van der Waals surface area (Å²) in [7, 11) is 0. The van der Waals surface area contributed by atoms with E-state index in [4.69, 9.17) is 14.2 Å². The number of hydrogen-bond acceptors (Lipinski definition) is 5. The van der Waals surface area contributed by atoms with Gasteiger partial charge in [0, 0.05) is 5.56 Å². The van der Waals surface area contributed by atoms with E-state index < -0.39 is 0 Å². The fraction of sp³-hybridized carbons (Fsp3) is 0.357. The molecular weight excluding hydrogens is 262 g/mol. The van der Waals surface area contributed by atoms with E-state index in [-0.39, 0.29) is 6.10 Å². The Hall–Kier alpha value is -1.43. The number of aromatic nitrogens is 1. The number of benzene rings is 1. The summed E-state index contributed by atoms with van der Waals surface area (Å²) in [5, 5.41) is 1.78. The zero-order valence-corrected chi connectivity index (χ0v) is 11.3. The van der Waals surface area contributed by atoms with E-state index in [2.05, 4.69) is 4.98 Å². The number of nitrogens with zero attached hydrogens (tertiary/aromatic N) is 1. The van der Waals surface area contributed by atoms with Gasteiger partial charge in [-0.15, -0.1) is 0 Å². The molecule has 19 heavy (non-hydrogen) atoms. The summed E-state index contributed by atoms with van der Waals surface area (Å²) in [5.74, 6) is 0. The first-order chi connectivity index (χ1) is 9.42. The molecule has 3 rings (SSSR count). The van der Waals surface area contributed by atoms with Gasteiger partial charge in [-0.05, 0) is 0 Å². The van der Waals surface area contributed by atoms with Gasteiger partial charge >= 0.3 is 0 Å². The minimum Gasteiger partial charge on any atom is -0.480 e. The molecule has 1 fully saturated rings. The minimum absolute atomic E-state index is 0.0241. The third-order valence-electron chi connectivity index (χ3n) is 2.80. The number of rotatable bonds is 4. The van der Waals surface area contributed by atoms with Gasteiger partial charge in [-0.1, -0.05) is 41.7 Å². The van der Waals surface area contributed by atoms with E-state index in [1.54, 1.807) is 17.5 Å². The van der Waals surface area contributed by atoms with Gasteiger partial charge in [-0.2, -0.15) is 0 Å². The molecule has 0 bridgehead atoms. The molecule has 0 saturated carbocycles. The van der Waals surface area contributed by atoms with Crippen LogP contribution < -0.4 is 4.74 Å². The van der Waals surface area contributed by atoms with Gasteiger partial charge < -0.3 is 14.2 Å². The lowest BCUT2D eigenvalue weighted by Gasteiger charge is -2.22. The maximum Gasteiger partial charge on any atom is 0.194 e. The summed E-state index contributed by atoms with van der Waals surface area (Å²) >= 11 is 1.54. The van der Waals surface area contributed by atoms with E-state index >= 15 is 0 Å². The van der Waals surface area contributed by atoms with Crippen LogP contribution in [0.4, 0.5) is 0 Å². The van der Waals surface area contributed by atoms with Crippen LogP contribution in [0.2, 0.25) is 0 Å². The lowest BCUT2D eigenvalue weighted by Crippen LogP contribution is -2.33. The summed E-state index contributed by atoms with van der Waals surface area (Å²) in [6, 6.07) is 10.1. The molecule has 0 spiro atoms. The number of hydrogen-bond donors (Lipinski definition) is 0. The van der Waals surface area contributed by atoms with Crippen LogP contribution in [0.5, 0.6) is 5.06 Å². The number of thiazole rings is 1. The van der Waals surface area contributed by atoms with Crippen LogP contribution >= 0.6 is 11.3 Å². The average molecular weight is 277 g/mol. The van der Waals surface area contributed by atoms with Gasteiger partial charge in [0.05, 0.1) is 26.0 Å². The summed E-state index contributed by atoms with van der Waals surface area (Å²) in [5.41, 5.74) is 1.11. The van der Waals surface area contributed by atoms with Gasteiger partial charge in [0.1, 0.15) is 17.7 Å². The highest BCUT2D eigenvalue weighted by Gasteiger charge is 2.15. The van der Waals surface area contributed by atoms with Gasteiger partial charge in [0.15, 0.2) is 5.06 Å². The van der Waals surface area contributed by atoms with Crippen LogP contribution in [0.25, 0.3) is 10.6 Å². The second-order valence-electron chi connectivity index (χ2n) is 4.23. The SMILES string of the molecule is c1ccc(-c2ncc(OCC3COCCO3)s2)cc1. The van der Waals surface area contributed by atoms with Crippen LogP contribution in [-0.2, 0) is 9.47 Å². The smallest absolute Gasteiger partial charge is 0.194 e. The van der Waals surface area contributed by atoms with E-state index in [9.17, 15) is 0 Å². The minimum atomic E-state index is 0.0241. The normalized spacial score (nSPS) is 19.3. The molecule has 1 atom stereocenters. The summed E-state index contributed by atoms with van der Waals surface area (Å²) in [6.07, 6.45) is 1.78. The Morgan fingerprint density at radius 2 is 2.16 bits per heavy atom. The molecule has 2 aromatic rings. The Balaban J connectivity index is 1.59. The molecule has 1 aromatic carbocycles. The van der Waals surface area contributed by atoms with Crippen LogP contribution in [0, 0.1) is 0 Å². The molecule has 0 N–H and O–H groups in total. The number of ether oxygens (including phenoxy) is 3. The Labute approximate surface area is 116 Å². The quantitative estimate of drug-likeness (QED) is 0.861. The standard InChI is InChI=1S/C14H15NO3S/c1-2-4-11(5-3-1)14-15-8-13(19-14)18-10-12-9-16-6-7-17-12/h1-5,8,12H,6-7,9-10H2. The molecule has 1 unspecified atom stereocenters. The molecule has 4 nitrogen and oxygen atoms in total. The lowest BCUT2D eigenvalue weighted by molar-refractivity contribution is -0.101. The first kappa shape index (κ1) is 12.6. The molecule has 0 aliphatic carbocycles. The van der Waals surface area contributed by atoms with Crippen LogP contribution in [0.3, 0.4) is 0 Å². The van der Waals surface area contributed by atoms with Crippen molar-refractivity contribution in [1.29, 1.82) is 0 Å². The molecule has 1 aliphatic rings. The largest absolute Gasteiger partial charge is 0.480 e. The van der Waals surface area contributed by atoms with Gasteiger partial charge in [-0.25, -0.2) is 4.98 Å². The van der Waals surface area contributed by atoms with Crippen molar-refractivity contribution >= 4 is 11.3 Å². The van der Waals surface area contributed by atoms with E-state index in [1.807, 2.05) is 30.3 Å². The van der Waals surface area contributed by atoms with Crippen molar-refractivity contribution in [1.82, 2.24) is 4.98 Å². The second-order valence-corrected chi connectivity index (χ2v) is 5.22. The summed E-state index contributed by atoms with van der Waals surface area (Å²) < 4.78 is 16.6. The van der Waals surface area contributed by atoms with Crippen molar-refractivity contribution in [2.24, 2.45) is 0 Å². The molecule has 1 aliphatic heterocycles. The maximum absolute atomic E-state index is 5.70. The van der Waals surface area contributed by atoms with Crippen molar-refractivity contribution in [3.8, 4) is 15.6 Å². The van der Waals surface area contributed by atoms with Crippen molar-refractivity contribution in [2.75, 3.05) is 26.4 Å². The van der Waals surface area contributed by atoms with Crippen LogP contribution in [0.1, 0.15) is 0 Å². The van der Waals surface area contributed by atoms with Gasteiger partial charge in [0.25, 0.3) is 0 Å². The second kappa shape index (κ2) is 6.14. The molecule has 100 valence electrons. The molecule has 5 heteroatoms. The average Bonchev–Trinajstić information content (AvgIpc) is 2.96. The first-order valence-electron chi connectivity index (χ1n) is 6.25. The highest BCUT2D eigenvalue weighted by atomic mass is 32.1. The molecule has 0 radical (unpaired) electrons. The molecule has 0 amide bonds. The van der Waals surface area contributed by atoms with Crippen molar-refractivity contribution in [2.45, 2.75) is 6.10 Å². The Bertz CT molecular complexity index is 508. The predicted molar refractivity (Wildman–Crippen MR) is 73.6 cm³/mol. The highest BCUT2D eigenvalue weighted by molar-refractivity contribution is 7.16. The highest BCUT2D eigenvalue weighted by Crippen LogP contribution is 2.29. The third kappa shape index (κ3) is 3.32. The van der Waals surface area contributed by atoms with E-state index in [1.165, 1.54) is 0 Å². The fourth-order valence-corrected chi connectivity index (χ4v) is 2.63. The fourth-order valence-electron chi connectivity index (χ4n) is 1.85. The zero-order chi connectivity index (χ0) is 12.9. The van der Waals surface area contributed by atoms with Crippen molar-refractivity contribution in [3.05, 3.63) is 36.5 Å². The van der Waals surface area contributed by atoms with Crippen molar-refractivity contribution < 1.29 is 14.2 Å². The first-order valence-corrected chi connectivity index (χ1v) is 7.07. The van der Waals surface area contributed by atoms with Crippen molar-refractivity contribution in [3.63, 3.8) is 0 Å². The summed E-state index contributed by atoms with van der Waals surface area (Å²) in [4.78, 5) is 4.37. The van der Waals surface area contributed by atoms with Crippen LogP contribution in [0.15, 0.2) is 36.5 Å². The molecular formula is C14H15NO3S. The Morgan fingerprint density at radius 3 is 2.95 bits per heavy atom. The topological polar surface area (TPSA) is 40.6 Å². The Kier molecular flexibility index (Phi) is 4.07. The predicted octanol–water partition coefficient (Wildman–Crippen LogP) is 2.60. The van der Waals surface area contributed by atoms with Crippen LogP contribution in [-0.4, -0.2) is 37.5 Å². The maximum atomic E-state index is 5.70. The summed E-state index contributed by atoms with van der Waals surface area (Å²) in [6.45, 7) is 2.43. The molecule has 2 heterocycles. The van der Waals surface area contributed by atoms with E-state index in [0.717, 1.165) is 15.6 Å². The molecule has 1 saturated heterocycles. The lowest BCUT2D eigenvalue weighted by atomic mass is 10.2. The van der Waals surface area contributed by atoms with E-state index in [0.29, 0.717) is 26.4 Å². The third-order valence-corrected chi connectivity index (χ3v) is 3.76. The zero-order valence-electron chi connectivity index (χ0n) is 10.5. The van der Waals surface area contributed by atoms with Gasteiger partial charge in [-0.3, -0.25) is 0 Å².